The summed E-state index contributed by atoms with van der Waals surface area (Å²) >= 11 is 23.5. The number of methoxy groups -OCH3 is 3. The van der Waals surface area contributed by atoms with Crippen molar-refractivity contribution in [1.29, 1.82) is 0 Å². The molecular formula is C87H84Cl3N2NaO12S5. The number of halogens is 3. The predicted octanol–water partition coefficient (Wildman–Crippen LogP) is 20.1. The third kappa shape index (κ3) is 26.7. The average molecular weight is 1640 g/mol. The molecule has 23 heteroatoms. The van der Waals surface area contributed by atoms with Gasteiger partial charge in [-0.05, 0) is 186 Å². The first-order valence-electron chi connectivity index (χ1n) is 34.5. The number of hydrogen-bond acceptors (Lipinski definition) is 17. The molecule has 12 aromatic rings. The van der Waals surface area contributed by atoms with Gasteiger partial charge >= 0.3 is 53.4 Å². The number of carbonyl (C=O) groups is 7. The van der Waals surface area contributed by atoms with Crippen molar-refractivity contribution in [2.75, 3.05) is 32.0 Å². The largest absolute Gasteiger partial charge is 1.00 e. The van der Waals surface area contributed by atoms with Crippen molar-refractivity contribution in [3.63, 3.8) is 0 Å². The van der Waals surface area contributed by atoms with Crippen molar-refractivity contribution < 1.29 is 87.5 Å². The van der Waals surface area contributed by atoms with Crippen LogP contribution in [0, 0.1) is 17.8 Å². The third-order valence-electron chi connectivity index (χ3n) is 15.7. The number of nitrogens with two attached hydrogens (primary N) is 1. The molecule has 0 spiro atoms. The van der Waals surface area contributed by atoms with Gasteiger partial charge < -0.3 is 39.9 Å². The van der Waals surface area contributed by atoms with Gasteiger partial charge in [-0.2, -0.15) is 0 Å². The van der Waals surface area contributed by atoms with Gasteiger partial charge in [-0.15, -0.1) is 56.7 Å². The van der Waals surface area contributed by atoms with Gasteiger partial charge in [0.2, 0.25) is 0 Å². The summed E-state index contributed by atoms with van der Waals surface area (Å²) in [5.41, 5.74) is 15.9. The molecule has 0 bridgehead atoms. The molecule has 14 nitrogen and oxygen atoms in total. The SMILES string of the molecule is CC(C)Cc1cc(-c2ccccc2)sc1C(=O)[O-].CC(C)N(C(=O)c1ccc(Cl)cc1)c1cc(-c2ccccc2)sc1C(=O)O.COC(=O)c1sc(-c2ccccc2)cc1CC(C)C.COC(=O)c1sc(-c2ccccc2)cc1CC(C)C.COC(=O)c1sc(-c2ccccc2)cc1N.O=C(Cl)c1ccc(Cl)cc1.[Na+]. The smallest absolute Gasteiger partial charge is 0.544 e. The Morgan fingerprint density at radius 1 is 0.409 bits per heavy atom. The zero-order valence-corrected chi connectivity index (χ0v) is 71.4. The minimum Gasteiger partial charge on any atom is -0.544 e. The summed E-state index contributed by atoms with van der Waals surface area (Å²) in [5, 5.41) is 21.5. The zero-order chi connectivity index (χ0) is 79.4. The molecule has 0 fully saturated rings. The Morgan fingerprint density at radius 2 is 0.691 bits per heavy atom. The van der Waals surface area contributed by atoms with Crippen LogP contribution in [0.2, 0.25) is 10.0 Å². The first-order chi connectivity index (χ1) is 52.1. The number of amides is 1. The van der Waals surface area contributed by atoms with E-state index in [2.05, 4.69) is 82.7 Å². The maximum atomic E-state index is 13.1. The second kappa shape index (κ2) is 44.9. The number of esters is 3. The summed E-state index contributed by atoms with van der Waals surface area (Å²) in [4.78, 5) is 90.6. The summed E-state index contributed by atoms with van der Waals surface area (Å²) in [6, 6.07) is 72.0. The number of benzene rings is 7. The van der Waals surface area contributed by atoms with Crippen molar-refractivity contribution in [3.05, 3.63) is 293 Å². The Labute approximate surface area is 700 Å². The number of hydrogen-bond donors (Lipinski definition) is 2. The van der Waals surface area contributed by atoms with Gasteiger partial charge in [0.15, 0.2) is 0 Å². The predicted molar refractivity (Wildman–Crippen MR) is 449 cm³/mol. The van der Waals surface area contributed by atoms with E-state index in [1.165, 1.54) is 82.9 Å². The topological polar surface area (TPSA) is 220 Å². The molecule has 0 unspecified atom stereocenters. The standard InChI is InChI=1S/C21H18ClNO3S.2C16H18O2S.C15H16O2S.C12H11NO2S.C7H4Cl2O.Na/c1-13(2)23(20(24)15-8-10-16(22)11-9-15)17-12-18(27-19(17)21(25)26)14-6-4-3-5-7-14;2*1-11(2)9-13-10-14(12-7-5-4-6-8-12)19-15(13)16(17)18-3;1-10(2)8-12-9-13(18-14(12)15(16)17)11-6-4-3-5-7-11;1-15-12(14)11-9(13)7-10(16-11)8-5-3-2-4-6-8;8-6-3-1-5(2-4-6)7(9)10;/h3-13H,1-2H3,(H,25,26);2*4-8,10-11H,9H2,1-3H3;3-7,9-10H,8H2,1-2H3,(H,16,17);2-7H,13H2,1H3;1-4H;/q;;;;;;+1/p-1. The number of aromatic carboxylic acids is 2. The van der Waals surface area contributed by atoms with Gasteiger partial charge in [0, 0.05) is 51.6 Å². The second-order valence-electron chi connectivity index (χ2n) is 25.9. The van der Waals surface area contributed by atoms with Crippen LogP contribution >= 0.6 is 91.5 Å². The number of carboxylic acids is 2. The molecule has 0 aliphatic heterocycles. The molecular weight excluding hydrogens is 1550 g/mol. The molecule has 3 N–H and O–H groups in total. The van der Waals surface area contributed by atoms with Gasteiger partial charge in [-0.1, -0.05) is 216 Å². The molecule has 110 heavy (non-hydrogen) atoms. The van der Waals surface area contributed by atoms with Gasteiger partial charge in [-0.3, -0.25) is 9.59 Å². The van der Waals surface area contributed by atoms with E-state index in [9.17, 15) is 43.8 Å². The van der Waals surface area contributed by atoms with Crippen molar-refractivity contribution in [2.45, 2.75) is 80.7 Å². The van der Waals surface area contributed by atoms with E-state index >= 15 is 0 Å². The normalized spacial score (nSPS) is 10.5. The maximum Gasteiger partial charge on any atom is 1.00 e. The van der Waals surface area contributed by atoms with E-state index < -0.39 is 17.2 Å². The molecule has 566 valence electrons. The molecule has 0 aliphatic rings. The van der Waals surface area contributed by atoms with Crippen LogP contribution < -0.4 is 45.3 Å². The summed E-state index contributed by atoms with van der Waals surface area (Å²) in [7, 11) is 4.22. The molecule has 7 aromatic carbocycles. The first-order valence-corrected chi connectivity index (χ1v) is 39.7. The fourth-order valence-electron chi connectivity index (χ4n) is 10.8. The molecule has 0 saturated heterocycles. The minimum atomic E-state index is -1.07. The zero-order valence-electron chi connectivity index (χ0n) is 63.0. The Bertz CT molecular complexity index is 4840. The van der Waals surface area contributed by atoms with E-state index in [-0.39, 0.29) is 64.3 Å². The van der Waals surface area contributed by atoms with Crippen LogP contribution in [0.3, 0.4) is 0 Å². The summed E-state index contributed by atoms with van der Waals surface area (Å²) in [6.07, 6.45) is 2.56. The average Bonchev–Trinajstić information content (AvgIpc) is 1.73. The molecule has 5 heterocycles. The van der Waals surface area contributed by atoms with Crippen molar-refractivity contribution in [3.8, 4) is 52.2 Å². The van der Waals surface area contributed by atoms with Crippen molar-refractivity contribution in [1.82, 2.24) is 0 Å². The van der Waals surface area contributed by atoms with E-state index in [1.807, 2.05) is 147 Å². The molecule has 0 atom stereocenters. The van der Waals surface area contributed by atoms with Crippen LogP contribution in [-0.4, -0.2) is 73.5 Å². The third-order valence-corrected chi connectivity index (χ3v) is 22.4. The Morgan fingerprint density at radius 3 is 0.991 bits per heavy atom. The van der Waals surface area contributed by atoms with E-state index in [0.29, 0.717) is 60.1 Å². The molecule has 0 radical (unpaired) electrons. The Hall–Kier alpha value is -8.80. The quantitative estimate of drug-likeness (QED) is 0.0314. The van der Waals surface area contributed by atoms with Crippen molar-refractivity contribution in [2.24, 2.45) is 17.8 Å². The Kier molecular flexibility index (Phi) is 36.8. The number of carbonyl (C=O) groups excluding carboxylic acids is 6. The van der Waals surface area contributed by atoms with Gasteiger partial charge in [-0.25, -0.2) is 19.2 Å². The van der Waals surface area contributed by atoms with Gasteiger partial charge in [0.05, 0.1) is 43.6 Å². The first kappa shape index (κ1) is 90.1. The fourth-order valence-corrected chi connectivity index (χ4v) is 16.4. The van der Waals surface area contributed by atoms with Crippen LogP contribution in [0.15, 0.2) is 231 Å². The number of rotatable bonds is 20. The van der Waals surface area contributed by atoms with Crippen molar-refractivity contribution >= 4 is 144 Å². The van der Waals surface area contributed by atoms with Crippen LogP contribution in [0.1, 0.15) is 141 Å². The number of thiophene rings is 5. The maximum absolute atomic E-state index is 13.1. The molecule has 0 aliphatic carbocycles. The second-order valence-corrected chi connectivity index (χ2v) is 32.3. The van der Waals surface area contributed by atoms with E-state index in [4.69, 9.17) is 50.0 Å². The Balaban J connectivity index is 0.000000210. The van der Waals surface area contributed by atoms with E-state index in [1.54, 1.807) is 60.7 Å². The number of ether oxygens (including phenoxy) is 3. The number of nitrogens with zero attached hydrogens (tertiary/aromatic N) is 1. The molecule has 12 rings (SSSR count). The summed E-state index contributed by atoms with van der Waals surface area (Å²) in [5.74, 6) is -1.77. The van der Waals surface area contributed by atoms with Crippen LogP contribution in [0.25, 0.3) is 52.2 Å². The van der Waals surface area contributed by atoms with Crippen LogP contribution in [-0.2, 0) is 33.5 Å². The molecule has 5 aromatic heterocycles. The number of anilines is 2. The van der Waals surface area contributed by atoms with Gasteiger partial charge in [0.1, 0.15) is 19.5 Å². The molecule has 0 saturated carbocycles. The van der Waals surface area contributed by atoms with Crippen LogP contribution in [0.5, 0.6) is 0 Å². The monoisotopic (exact) mass is 1640 g/mol. The van der Waals surface area contributed by atoms with Crippen LogP contribution in [0.4, 0.5) is 11.4 Å². The number of nitrogen functional groups attached to an aromatic ring is 1. The summed E-state index contributed by atoms with van der Waals surface area (Å²) in [6.45, 7) is 16.5. The van der Waals surface area contributed by atoms with E-state index in [0.717, 1.165) is 97.9 Å². The summed E-state index contributed by atoms with van der Waals surface area (Å²) < 4.78 is 14.4. The fraction of sp³-hybridized carbons (Fsp3) is 0.207. The minimum absolute atomic E-state index is 0. The number of carboxylic acid groups (broad SMARTS) is 2. The van der Waals surface area contributed by atoms with Gasteiger partial charge in [0.25, 0.3) is 11.1 Å². The molecule has 1 amide bonds.